The van der Waals surface area contributed by atoms with Gasteiger partial charge in [-0.25, -0.2) is 0 Å². The van der Waals surface area contributed by atoms with Crippen LogP contribution in [0.4, 0.5) is 0 Å². The summed E-state index contributed by atoms with van der Waals surface area (Å²) in [5, 5.41) is 0. The van der Waals surface area contributed by atoms with Crippen LogP contribution < -0.4 is 0 Å². The average molecular weight is 192 g/mol. The normalized spacial score (nSPS) is 8.57. The molecule has 0 N–H and O–H groups in total. The van der Waals surface area contributed by atoms with E-state index in [0.29, 0.717) is 11.1 Å². The Kier molecular flexibility index (Phi) is 5.46. The predicted octanol–water partition coefficient (Wildman–Crippen LogP) is 3.12. The molecule has 0 fully saturated rings. The molecule has 0 atom stereocenters. The standard InChI is InChI=1S/C10H10O2.C2H6/c1-7(11)9-4-3-5-10(6-9)8(2)12;1-2/h3-6H,1-2H3;1-2H3. The monoisotopic (exact) mass is 192 g/mol. The van der Waals surface area contributed by atoms with Crippen molar-refractivity contribution in [1.29, 1.82) is 0 Å². The zero-order valence-corrected chi connectivity index (χ0v) is 9.13. The van der Waals surface area contributed by atoms with Gasteiger partial charge in [0.25, 0.3) is 0 Å². The van der Waals surface area contributed by atoms with Crippen molar-refractivity contribution in [3.63, 3.8) is 0 Å². The van der Waals surface area contributed by atoms with E-state index < -0.39 is 0 Å². The fourth-order valence-electron chi connectivity index (χ4n) is 0.957. The van der Waals surface area contributed by atoms with Crippen molar-refractivity contribution >= 4 is 11.6 Å². The predicted molar refractivity (Wildman–Crippen MR) is 57.8 cm³/mol. The molecule has 14 heavy (non-hydrogen) atoms. The van der Waals surface area contributed by atoms with E-state index >= 15 is 0 Å². The van der Waals surface area contributed by atoms with Crippen LogP contribution in [0.2, 0.25) is 0 Å². The van der Waals surface area contributed by atoms with Gasteiger partial charge in [-0.05, 0) is 19.9 Å². The highest BCUT2D eigenvalue weighted by Crippen LogP contribution is 2.06. The molecule has 0 aromatic heterocycles. The summed E-state index contributed by atoms with van der Waals surface area (Å²) in [5.41, 5.74) is 1.17. The number of carbonyl (C=O) groups excluding carboxylic acids is 2. The Morgan fingerprint density at radius 3 is 1.57 bits per heavy atom. The van der Waals surface area contributed by atoms with Gasteiger partial charge in [0.2, 0.25) is 0 Å². The van der Waals surface area contributed by atoms with Crippen molar-refractivity contribution in [2.75, 3.05) is 0 Å². The number of hydrogen-bond donors (Lipinski definition) is 0. The first-order valence-electron chi connectivity index (χ1n) is 4.73. The molecule has 0 aliphatic rings. The summed E-state index contributed by atoms with van der Waals surface area (Å²) < 4.78 is 0. The van der Waals surface area contributed by atoms with E-state index in [1.165, 1.54) is 13.8 Å². The lowest BCUT2D eigenvalue weighted by molar-refractivity contribution is 0.101. The third kappa shape index (κ3) is 3.52. The van der Waals surface area contributed by atoms with Gasteiger partial charge in [0, 0.05) is 11.1 Å². The number of benzene rings is 1. The molecular weight excluding hydrogens is 176 g/mol. The van der Waals surface area contributed by atoms with E-state index in [1.807, 2.05) is 13.8 Å². The molecule has 2 heteroatoms. The van der Waals surface area contributed by atoms with Crippen LogP contribution in [0.25, 0.3) is 0 Å². The van der Waals surface area contributed by atoms with Gasteiger partial charge in [0.1, 0.15) is 0 Å². The molecule has 76 valence electrons. The molecular formula is C12H16O2. The molecule has 0 radical (unpaired) electrons. The molecule has 0 aliphatic carbocycles. The summed E-state index contributed by atoms with van der Waals surface area (Å²) in [6.45, 7) is 6.97. The van der Waals surface area contributed by atoms with Crippen molar-refractivity contribution in [1.82, 2.24) is 0 Å². The third-order valence-corrected chi connectivity index (χ3v) is 1.68. The van der Waals surface area contributed by atoms with E-state index in [9.17, 15) is 9.59 Å². The van der Waals surface area contributed by atoms with E-state index in [0.717, 1.165) is 0 Å². The Morgan fingerprint density at radius 1 is 0.929 bits per heavy atom. The third-order valence-electron chi connectivity index (χ3n) is 1.68. The van der Waals surface area contributed by atoms with Gasteiger partial charge >= 0.3 is 0 Å². The second-order valence-corrected chi connectivity index (χ2v) is 2.69. The smallest absolute Gasteiger partial charge is 0.159 e. The minimum atomic E-state index is -0.0156. The topological polar surface area (TPSA) is 34.1 Å². The first-order valence-corrected chi connectivity index (χ1v) is 4.73. The first-order chi connectivity index (χ1) is 6.61. The highest BCUT2D eigenvalue weighted by Gasteiger charge is 2.02. The van der Waals surface area contributed by atoms with Crippen molar-refractivity contribution in [3.05, 3.63) is 35.4 Å². The lowest BCUT2D eigenvalue weighted by Crippen LogP contribution is -1.96. The minimum Gasteiger partial charge on any atom is -0.295 e. The highest BCUT2D eigenvalue weighted by molar-refractivity contribution is 5.99. The first kappa shape index (κ1) is 12.6. The van der Waals surface area contributed by atoms with Crippen molar-refractivity contribution in [3.8, 4) is 0 Å². The maximum absolute atomic E-state index is 10.9. The quantitative estimate of drug-likeness (QED) is 0.675. The lowest BCUT2D eigenvalue weighted by Gasteiger charge is -1.97. The van der Waals surface area contributed by atoms with Crippen LogP contribution in [0.15, 0.2) is 24.3 Å². The van der Waals surface area contributed by atoms with Crippen molar-refractivity contribution in [2.24, 2.45) is 0 Å². The number of ketones is 2. The second-order valence-electron chi connectivity index (χ2n) is 2.69. The minimum absolute atomic E-state index is 0.0156. The maximum Gasteiger partial charge on any atom is 0.159 e. The summed E-state index contributed by atoms with van der Waals surface area (Å²) in [6.07, 6.45) is 0. The molecule has 1 aromatic rings. The molecule has 2 nitrogen and oxygen atoms in total. The molecule has 0 heterocycles. The van der Waals surface area contributed by atoms with Crippen LogP contribution in [-0.2, 0) is 0 Å². The molecule has 1 rings (SSSR count). The largest absolute Gasteiger partial charge is 0.295 e. The number of Topliss-reactive ketones (excluding diaryl/α,β-unsaturated/α-hetero) is 2. The van der Waals surface area contributed by atoms with Crippen LogP contribution in [0.3, 0.4) is 0 Å². The Morgan fingerprint density at radius 2 is 1.29 bits per heavy atom. The highest BCUT2D eigenvalue weighted by atomic mass is 16.1. The summed E-state index contributed by atoms with van der Waals surface area (Å²) in [5.74, 6) is -0.0313. The number of rotatable bonds is 2. The van der Waals surface area contributed by atoms with Crippen LogP contribution in [0, 0.1) is 0 Å². The van der Waals surface area contributed by atoms with Crippen LogP contribution in [-0.4, -0.2) is 11.6 Å². The Bertz CT molecular complexity index is 298. The van der Waals surface area contributed by atoms with Gasteiger partial charge in [-0.15, -0.1) is 0 Å². The number of carbonyl (C=O) groups is 2. The zero-order valence-electron chi connectivity index (χ0n) is 9.13. The maximum atomic E-state index is 10.9. The van der Waals surface area contributed by atoms with Crippen molar-refractivity contribution < 1.29 is 9.59 Å². The molecule has 0 spiro atoms. The lowest BCUT2D eigenvalue weighted by atomic mass is 10.1. The van der Waals surface area contributed by atoms with Crippen molar-refractivity contribution in [2.45, 2.75) is 27.7 Å². The molecule has 0 saturated heterocycles. The molecule has 0 saturated carbocycles. The van der Waals surface area contributed by atoms with Gasteiger partial charge in [-0.2, -0.15) is 0 Å². The Balaban J connectivity index is 0.000000791. The van der Waals surface area contributed by atoms with Gasteiger partial charge in [0.15, 0.2) is 11.6 Å². The molecule has 0 bridgehead atoms. The van der Waals surface area contributed by atoms with Crippen LogP contribution >= 0.6 is 0 Å². The molecule has 0 amide bonds. The van der Waals surface area contributed by atoms with Gasteiger partial charge < -0.3 is 0 Å². The van der Waals surface area contributed by atoms with E-state index in [1.54, 1.807) is 24.3 Å². The molecule has 1 aromatic carbocycles. The average Bonchev–Trinajstić information content (AvgIpc) is 2.21. The van der Waals surface area contributed by atoms with E-state index in [-0.39, 0.29) is 11.6 Å². The molecule has 0 unspecified atom stereocenters. The van der Waals surface area contributed by atoms with E-state index in [4.69, 9.17) is 0 Å². The SMILES string of the molecule is CC.CC(=O)c1cccc(C(C)=O)c1. The Hall–Kier alpha value is -1.44. The second kappa shape index (κ2) is 6.08. The Labute approximate surface area is 84.9 Å². The zero-order chi connectivity index (χ0) is 11.1. The number of hydrogen-bond acceptors (Lipinski definition) is 2. The summed E-state index contributed by atoms with van der Waals surface area (Å²) in [4.78, 5) is 21.8. The van der Waals surface area contributed by atoms with Gasteiger partial charge in [0.05, 0.1) is 0 Å². The summed E-state index contributed by atoms with van der Waals surface area (Å²) >= 11 is 0. The van der Waals surface area contributed by atoms with Gasteiger partial charge in [-0.1, -0.05) is 32.0 Å². The molecule has 0 aliphatic heterocycles. The van der Waals surface area contributed by atoms with Gasteiger partial charge in [-0.3, -0.25) is 9.59 Å². The summed E-state index contributed by atoms with van der Waals surface area (Å²) in [6, 6.07) is 6.74. The van der Waals surface area contributed by atoms with E-state index in [2.05, 4.69) is 0 Å². The summed E-state index contributed by atoms with van der Waals surface area (Å²) in [7, 11) is 0. The van der Waals surface area contributed by atoms with Crippen LogP contribution in [0.5, 0.6) is 0 Å². The van der Waals surface area contributed by atoms with Crippen LogP contribution in [0.1, 0.15) is 48.4 Å². The fourth-order valence-corrected chi connectivity index (χ4v) is 0.957. The fraction of sp³-hybridized carbons (Fsp3) is 0.333.